The molecule has 5 heteroatoms. The van der Waals surface area contributed by atoms with Gasteiger partial charge in [-0.1, -0.05) is 19.9 Å². The molecule has 2 atom stereocenters. The summed E-state index contributed by atoms with van der Waals surface area (Å²) in [7, 11) is 3.26. The van der Waals surface area contributed by atoms with Crippen molar-refractivity contribution in [1.82, 2.24) is 10.2 Å². The number of nitrogens with zero attached hydrogens (tertiary/aromatic N) is 2. The zero-order chi connectivity index (χ0) is 16.1. The van der Waals surface area contributed by atoms with E-state index in [-0.39, 0.29) is 11.6 Å². The van der Waals surface area contributed by atoms with E-state index in [1.807, 2.05) is 6.07 Å². The Labute approximate surface area is 132 Å². The minimum Gasteiger partial charge on any atom is -0.494 e. The van der Waals surface area contributed by atoms with Crippen LogP contribution in [0.3, 0.4) is 0 Å². The standard InChI is InChI=1S/C17H26FN3O/c1-12-7-13(2)11-21(10-12)17(19-3)20-9-14-5-6-16(22-4)15(18)8-14/h5-6,8,12-13H,7,9-11H2,1-4H3,(H,19,20). The quantitative estimate of drug-likeness (QED) is 0.689. The highest BCUT2D eigenvalue weighted by atomic mass is 19.1. The number of likely N-dealkylation sites (tertiary alicyclic amines) is 1. The van der Waals surface area contributed by atoms with Crippen molar-refractivity contribution < 1.29 is 9.13 Å². The molecule has 1 aliphatic heterocycles. The van der Waals surface area contributed by atoms with Gasteiger partial charge in [-0.25, -0.2) is 4.39 Å². The molecule has 2 unspecified atom stereocenters. The molecule has 0 spiro atoms. The Bertz CT molecular complexity index is 523. The monoisotopic (exact) mass is 307 g/mol. The average Bonchev–Trinajstić information content (AvgIpc) is 2.47. The highest BCUT2D eigenvalue weighted by Gasteiger charge is 2.23. The Morgan fingerprint density at radius 1 is 1.36 bits per heavy atom. The topological polar surface area (TPSA) is 36.9 Å². The van der Waals surface area contributed by atoms with E-state index in [0.29, 0.717) is 18.4 Å². The fourth-order valence-corrected chi connectivity index (χ4v) is 3.17. The lowest BCUT2D eigenvalue weighted by molar-refractivity contribution is 0.208. The van der Waals surface area contributed by atoms with Gasteiger partial charge in [-0.2, -0.15) is 0 Å². The number of aliphatic imine (C=N–C) groups is 1. The number of guanidine groups is 1. The summed E-state index contributed by atoms with van der Waals surface area (Å²) in [5.74, 6) is 2.15. The molecular weight excluding hydrogens is 281 g/mol. The van der Waals surface area contributed by atoms with Crippen LogP contribution < -0.4 is 10.1 Å². The van der Waals surface area contributed by atoms with Gasteiger partial charge >= 0.3 is 0 Å². The van der Waals surface area contributed by atoms with E-state index in [0.717, 1.165) is 24.6 Å². The maximum atomic E-state index is 13.7. The summed E-state index contributed by atoms with van der Waals surface area (Å²) in [5, 5.41) is 3.33. The van der Waals surface area contributed by atoms with Crippen molar-refractivity contribution in [3.8, 4) is 5.75 Å². The minimum absolute atomic E-state index is 0.270. The lowest BCUT2D eigenvalue weighted by atomic mass is 9.92. The van der Waals surface area contributed by atoms with Crippen molar-refractivity contribution in [1.29, 1.82) is 0 Å². The van der Waals surface area contributed by atoms with Crippen molar-refractivity contribution >= 4 is 5.96 Å². The summed E-state index contributed by atoms with van der Waals surface area (Å²) in [6.07, 6.45) is 1.26. The Kier molecular flexibility index (Phi) is 5.63. The fourth-order valence-electron chi connectivity index (χ4n) is 3.17. The summed E-state index contributed by atoms with van der Waals surface area (Å²) in [6, 6.07) is 5.02. The molecule has 1 saturated heterocycles. The second-order valence-electron chi connectivity index (χ2n) is 6.22. The van der Waals surface area contributed by atoms with E-state index in [2.05, 4.69) is 29.1 Å². The predicted molar refractivity (Wildman–Crippen MR) is 87.7 cm³/mol. The van der Waals surface area contributed by atoms with Crippen LogP contribution in [-0.2, 0) is 6.54 Å². The number of hydrogen-bond donors (Lipinski definition) is 1. The summed E-state index contributed by atoms with van der Waals surface area (Å²) in [6.45, 7) is 7.12. The number of methoxy groups -OCH3 is 1. The first kappa shape index (κ1) is 16.6. The van der Waals surface area contributed by atoms with Gasteiger partial charge in [0.15, 0.2) is 17.5 Å². The van der Waals surface area contributed by atoms with Gasteiger partial charge in [0, 0.05) is 26.7 Å². The third-order valence-electron chi connectivity index (χ3n) is 4.05. The van der Waals surface area contributed by atoms with E-state index < -0.39 is 0 Å². The minimum atomic E-state index is -0.336. The van der Waals surface area contributed by atoms with Crippen molar-refractivity contribution in [3.05, 3.63) is 29.6 Å². The van der Waals surface area contributed by atoms with E-state index in [9.17, 15) is 4.39 Å². The molecule has 1 fully saturated rings. The van der Waals surface area contributed by atoms with Gasteiger partial charge in [0.2, 0.25) is 0 Å². The molecule has 0 amide bonds. The molecule has 122 valence electrons. The van der Waals surface area contributed by atoms with E-state index in [4.69, 9.17) is 4.74 Å². The van der Waals surface area contributed by atoms with Gasteiger partial charge in [0.1, 0.15) is 0 Å². The zero-order valence-corrected chi connectivity index (χ0v) is 13.9. The number of rotatable bonds is 3. The molecule has 0 bridgehead atoms. The van der Waals surface area contributed by atoms with Crippen LogP contribution in [0, 0.1) is 17.7 Å². The molecule has 2 rings (SSSR count). The zero-order valence-electron chi connectivity index (χ0n) is 13.9. The smallest absolute Gasteiger partial charge is 0.193 e. The van der Waals surface area contributed by atoms with Crippen molar-refractivity contribution in [2.24, 2.45) is 16.8 Å². The van der Waals surface area contributed by atoms with Gasteiger partial charge < -0.3 is 15.0 Å². The SMILES string of the molecule is CN=C(NCc1ccc(OC)c(F)c1)N1CC(C)CC(C)C1. The first-order chi connectivity index (χ1) is 10.5. The molecule has 0 aliphatic carbocycles. The van der Waals surface area contributed by atoms with Gasteiger partial charge in [-0.15, -0.1) is 0 Å². The normalized spacial score (nSPS) is 22.6. The van der Waals surface area contributed by atoms with Gasteiger partial charge in [0.05, 0.1) is 7.11 Å². The number of ether oxygens (including phenoxy) is 1. The van der Waals surface area contributed by atoms with Crippen LogP contribution >= 0.6 is 0 Å². The molecule has 0 aromatic heterocycles. The van der Waals surface area contributed by atoms with Gasteiger partial charge in [0.25, 0.3) is 0 Å². The molecule has 1 aliphatic rings. The number of nitrogens with one attached hydrogen (secondary N) is 1. The van der Waals surface area contributed by atoms with Gasteiger partial charge in [-0.05, 0) is 36.0 Å². The number of hydrogen-bond acceptors (Lipinski definition) is 2. The number of piperidine rings is 1. The van der Waals surface area contributed by atoms with Crippen LogP contribution in [0.1, 0.15) is 25.8 Å². The third-order valence-corrected chi connectivity index (χ3v) is 4.05. The molecular formula is C17H26FN3O. The van der Waals surface area contributed by atoms with Crippen LogP contribution in [-0.4, -0.2) is 38.1 Å². The van der Waals surface area contributed by atoms with Crippen molar-refractivity contribution in [2.75, 3.05) is 27.2 Å². The van der Waals surface area contributed by atoms with Crippen LogP contribution in [0.15, 0.2) is 23.2 Å². The Balaban J connectivity index is 1.98. The van der Waals surface area contributed by atoms with E-state index in [1.165, 1.54) is 19.6 Å². The lowest BCUT2D eigenvalue weighted by Crippen LogP contribution is -2.48. The van der Waals surface area contributed by atoms with Crippen LogP contribution in [0.4, 0.5) is 4.39 Å². The Hall–Kier alpha value is -1.78. The van der Waals surface area contributed by atoms with Crippen molar-refractivity contribution in [2.45, 2.75) is 26.8 Å². The first-order valence-corrected chi connectivity index (χ1v) is 7.81. The maximum Gasteiger partial charge on any atom is 0.193 e. The summed E-state index contributed by atoms with van der Waals surface area (Å²) >= 11 is 0. The molecule has 1 aromatic carbocycles. The average molecular weight is 307 g/mol. The second-order valence-corrected chi connectivity index (χ2v) is 6.22. The molecule has 1 N–H and O–H groups in total. The number of benzene rings is 1. The van der Waals surface area contributed by atoms with E-state index in [1.54, 1.807) is 13.1 Å². The Morgan fingerprint density at radius 2 is 2.05 bits per heavy atom. The Morgan fingerprint density at radius 3 is 2.59 bits per heavy atom. The van der Waals surface area contributed by atoms with Crippen molar-refractivity contribution in [3.63, 3.8) is 0 Å². The highest BCUT2D eigenvalue weighted by molar-refractivity contribution is 5.80. The van der Waals surface area contributed by atoms with Gasteiger partial charge in [-0.3, -0.25) is 4.99 Å². The van der Waals surface area contributed by atoms with Crippen LogP contribution in [0.25, 0.3) is 0 Å². The molecule has 0 saturated carbocycles. The van der Waals surface area contributed by atoms with Crippen LogP contribution in [0.2, 0.25) is 0 Å². The highest BCUT2D eigenvalue weighted by Crippen LogP contribution is 2.21. The first-order valence-electron chi connectivity index (χ1n) is 7.81. The maximum absolute atomic E-state index is 13.7. The second kappa shape index (κ2) is 7.47. The largest absolute Gasteiger partial charge is 0.494 e. The molecule has 1 heterocycles. The molecule has 1 aromatic rings. The lowest BCUT2D eigenvalue weighted by Gasteiger charge is -2.37. The fraction of sp³-hybridized carbons (Fsp3) is 0.588. The molecule has 22 heavy (non-hydrogen) atoms. The van der Waals surface area contributed by atoms with Crippen LogP contribution in [0.5, 0.6) is 5.75 Å². The third kappa shape index (κ3) is 4.12. The summed E-state index contributed by atoms with van der Waals surface area (Å²) < 4.78 is 18.7. The van der Waals surface area contributed by atoms with E-state index >= 15 is 0 Å². The predicted octanol–water partition coefficient (Wildman–Crippen LogP) is 2.89. The molecule has 4 nitrogen and oxygen atoms in total. The summed E-state index contributed by atoms with van der Waals surface area (Å²) in [5.41, 5.74) is 0.873. The summed E-state index contributed by atoms with van der Waals surface area (Å²) in [4.78, 5) is 6.66. The number of halogens is 1. The molecule has 0 radical (unpaired) electrons.